The average molecular weight is 239 g/mol. The van der Waals surface area contributed by atoms with Crippen LogP contribution in [0.25, 0.3) is 5.65 Å². The van der Waals surface area contributed by atoms with E-state index in [-0.39, 0.29) is 0 Å². The topological polar surface area (TPSA) is 69.1 Å². The molecule has 5 nitrogen and oxygen atoms in total. The lowest BCUT2D eigenvalue weighted by molar-refractivity contribution is 0.911. The summed E-state index contributed by atoms with van der Waals surface area (Å²) in [6.07, 6.45) is 8.89. The number of rotatable bonds is 3. The number of hydrogen-bond acceptors (Lipinski definition) is 4. The Balaban J connectivity index is 1.79. The Bertz CT molecular complexity index is 641. The van der Waals surface area contributed by atoms with E-state index in [0.29, 0.717) is 5.82 Å². The normalized spacial score (nSPS) is 10.9. The molecule has 3 rings (SSSR count). The van der Waals surface area contributed by atoms with Gasteiger partial charge >= 0.3 is 0 Å². The highest BCUT2D eigenvalue weighted by molar-refractivity contribution is 5.40. The molecule has 0 amide bonds. The zero-order valence-electron chi connectivity index (χ0n) is 9.82. The number of hydrogen-bond donors (Lipinski definition) is 1. The first-order valence-corrected chi connectivity index (χ1v) is 5.80. The van der Waals surface area contributed by atoms with Gasteiger partial charge < -0.3 is 10.1 Å². The summed E-state index contributed by atoms with van der Waals surface area (Å²) in [7, 11) is 0. The van der Waals surface area contributed by atoms with Crippen LogP contribution in [0.15, 0.2) is 43.1 Å². The van der Waals surface area contributed by atoms with E-state index in [2.05, 4.69) is 15.0 Å². The van der Waals surface area contributed by atoms with Crippen molar-refractivity contribution in [3.8, 4) is 0 Å². The van der Waals surface area contributed by atoms with Gasteiger partial charge in [0, 0.05) is 24.2 Å². The van der Waals surface area contributed by atoms with E-state index in [1.165, 1.54) is 6.33 Å². The van der Waals surface area contributed by atoms with Crippen LogP contribution in [0.1, 0.15) is 11.3 Å². The highest BCUT2D eigenvalue weighted by Crippen LogP contribution is 2.11. The van der Waals surface area contributed by atoms with Crippen LogP contribution in [0.4, 0.5) is 5.82 Å². The monoisotopic (exact) mass is 239 g/mol. The average Bonchev–Trinajstić information content (AvgIpc) is 2.80. The number of nitrogen functional groups attached to an aromatic ring is 1. The Hall–Kier alpha value is -2.43. The lowest BCUT2D eigenvalue weighted by atomic mass is 10.1. The third-order valence-electron chi connectivity index (χ3n) is 2.89. The Morgan fingerprint density at radius 1 is 1.22 bits per heavy atom. The molecule has 0 fully saturated rings. The SMILES string of the molecule is Nc1ncncc1CCc1cn2ccccc2n1. The van der Waals surface area contributed by atoms with Crippen LogP contribution in [0.5, 0.6) is 0 Å². The van der Waals surface area contributed by atoms with Crippen LogP contribution < -0.4 is 5.73 Å². The molecule has 2 N–H and O–H groups in total. The molecule has 0 atom stereocenters. The van der Waals surface area contributed by atoms with Crippen LogP contribution in [0.2, 0.25) is 0 Å². The smallest absolute Gasteiger partial charge is 0.136 e. The zero-order chi connectivity index (χ0) is 12.4. The van der Waals surface area contributed by atoms with E-state index in [1.54, 1.807) is 6.20 Å². The molecule has 90 valence electrons. The van der Waals surface area contributed by atoms with E-state index in [0.717, 1.165) is 29.7 Å². The molecule has 3 aromatic rings. The highest BCUT2D eigenvalue weighted by atomic mass is 15.0. The predicted octanol–water partition coefficient (Wildman–Crippen LogP) is 1.49. The lowest BCUT2D eigenvalue weighted by Crippen LogP contribution is -2.00. The van der Waals surface area contributed by atoms with E-state index in [1.807, 2.05) is 35.0 Å². The second kappa shape index (κ2) is 4.44. The molecule has 5 heteroatoms. The van der Waals surface area contributed by atoms with Gasteiger partial charge in [-0.2, -0.15) is 0 Å². The van der Waals surface area contributed by atoms with Gasteiger partial charge in [-0.25, -0.2) is 15.0 Å². The number of anilines is 1. The van der Waals surface area contributed by atoms with Crippen molar-refractivity contribution >= 4 is 11.5 Å². The Kier molecular flexibility index (Phi) is 2.64. The van der Waals surface area contributed by atoms with Crippen molar-refractivity contribution in [3.63, 3.8) is 0 Å². The van der Waals surface area contributed by atoms with Crippen molar-refractivity contribution in [2.45, 2.75) is 12.8 Å². The molecule has 0 saturated carbocycles. The van der Waals surface area contributed by atoms with Gasteiger partial charge in [-0.1, -0.05) is 6.07 Å². The van der Waals surface area contributed by atoms with E-state index in [9.17, 15) is 0 Å². The van der Waals surface area contributed by atoms with Gasteiger partial charge in [-0.3, -0.25) is 0 Å². The molecular weight excluding hydrogens is 226 g/mol. The second-order valence-electron chi connectivity index (χ2n) is 4.13. The Morgan fingerprint density at radius 3 is 3.00 bits per heavy atom. The number of imidazole rings is 1. The van der Waals surface area contributed by atoms with Crippen LogP contribution in [0.3, 0.4) is 0 Å². The van der Waals surface area contributed by atoms with Gasteiger partial charge in [0.05, 0.1) is 5.69 Å². The third-order valence-corrected chi connectivity index (χ3v) is 2.89. The highest BCUT2D eigenvalue weighted by Gasteiger charge is 2.04. The molecule has 0 aromatic carbocycles. The number of aryl methyl sites for hydroxylation is 2. The molecular formula is C13H13N5. The van der Waals surface area contributed by atoms with E-state index in [4.69, 9.17) is 5.73 Å². The predicted molar refractivity (Wildman–Crippen MR) is 69.0 cm³/mol. The van der Waals surface area contributed by atoms with Crippen molar-refractivity contribution in [1.29, 1.82) is 0 Å². The first-order chi connectivity index (χ1) is 8.83. The van der Waals surface area contributed by atoms with E-state index < -0.39 is 0 Å². The van der Waals surface area contributed by atoms with Crippen molar-refractivity contribution in [2.75, 3.05) is 5.73 Å². The van der Waals surface area contributed by atoms with Crippen LogP contribution in [0, 0.1) is 0 Å². The Labute approximate surface area is 104 Å². The molecule has 0 saturated heterocycles. The molecule has 0 unspecified atom stereocenters. The Morgan fingerprint density at radius 2 is 2.17 bits per heavy atom. The summed E-state index contributed by atoms with van der Waals surface area (Å²) in [5, 5.41) is 0. The molecule has 0 radical (unpaired) electrons. The number of aromatic nitrogens is 4. The molecule has 0 spiro atoms. The quantitative estimate of drug-likeness (QED) is 0.751. The number of nitrogens with two attached hydrogens (primary N) is 1. The standard InChI is InChI=1S/C13H13N5/c14-13-10(7-15-9-16-13)4-5-11-8-18-6-2-1-3-12(18)17-11/h1-3,6-9H,4-5H2,(H2,14,15,16). The summed E-state index contributed by atoms with van der Waals surface area (Å²) in [6.45, 7) is 0. The van der Waals surface area contributed by atoms with Gasteiger partial charge in [0.25, 0.3) is 0 Å². The van der Waals surface area contributed by atoms with Gasteiger partial charge in [0.1, 0.15) is 17.8 Å². The molecule has 3 heterocycles. The minimum absolute atomic E-state index is 0.550. The first-order valence-electron chi connectivity index (χ1n) is 5.80. The molecule has 18 heavy (non-hydrogen) atoms. The van der Waals surface area contributed by atoms with Crippen molar-refractivity contribution < 1.29 is 0 Å². The molecule has 0 aliphatic rings. The summed E-state index contributed by atoms with van der Waals surface area (Å²) in [5.41, 5.74) is 8.76. The van der Waals surface area contributed by atoms with Gasteiger partial charge in [0.2, 0.25) is 0 Å². The van der Waals surface area contributed by atoms with Crippen LogP contribution >= 0.6 is 0 Å². The summed E-state index contributed by atoms with van der Waals surface area (Å²) < 4.78 is 2.01. The molecule has 0 aliphatic heterocycles. The first kappa shape index (κ1) is 10.7. The van der Waals surface area contributed by atoms with Crippen molar-refractivity contribution in [2.24, 2.45) is 0 Å². The summed E-state index contributed by atoms with van der Waals surface area (Å²) in [6, 6.07) is 5.96. The fraction of sp³-hybridized carbons (Fsp3) is 0.154. The van der Waals surface area contributed by atoms with Gasteiger partial charge in [-0.15, -0.1) is 0 Å². The summed E-state index contributed by atoms with van der Waals surface area (Å²) >= 11 is 0. The van der Waals surface area contributed by atoms with Gasteiger partial charge in [0.15, 0.2) is 0 Å². The summed E-state index contributed by atoms with van der Waals surface area (Å²) in [4.78, 5) is 12.5. The van der Waals surface area contributed by atoms with Crippen LogP contribution in [-0.2, 0) is 12.8 Å². The third kappa shape index (κ3) is 2.02. The molecule has 3 aromatic heterocycles. The molecule has 0 bridgehead atoms. The molecule has 0 aliphatic carbocycles. The van der Waals surface area contributed by atoms with Crippen LogP contribution in [-0.4, -0.2) is 19.4 Å². The minimum atomic E-state index is 0.550. The maximum absolute atomic E-state index is 5.78. The van der Waals surface area contributed by atoms with E-state index >= 15 is 0 Å². The largest absolute Gasteiger partial charge is 0.383 e. The van der Waals surface area contributed by atoms with Gasteiger partial charge in [-0.05, 0) is 25.0 Å². The maximum Gasteiger partial charge on any atom is 0.136 e. The van der Waals surface area contributed by atoms with Crippen molar-refractivity contribution in [1.82, 2.24) is 19.4 Å². The number of nitrogens with zero attached hydrogens (tertiary/aromatic N) is 4. The lowest BCUT2D eigenvalue weighted by Gasteiger charge is -2.01. The second-order valence-corrected chi connectivity index (χ2v) is 4.13. The fourth-order valence-corrected chi connectivity index (χ4v) is 1.93. The minimum Gasteiger partial charge on any atom is -0.383 e. The van der Waals surface area contributed by atoms with Crippen molar-refractivity contribution in [3.05, 3.63) is 54.4 Å². The number of pyridine rings is 1. The zero-order valence-corrected chi connectivity index (χ0v) is 9.82. The summed E-state index contributed by atoms with van der Waals surface area (Å²) in [5.74, 6) is 0.550. The number of fused-ring (bicyclic) bond motifs is 1. The fourth-order valence-electron chi connectivity index (χ4n) is 1.93. The maximum atomic E-state index is 5.78.